The molecule has 1 N–H and O–H groups in total. The average Bonchev–Trinajstić information content (AvgIpc) is 3.33. The second kappa shape index (κ2) is 11.8. The van der Waals surface area contributed by atoms with Gasteiger partial charge in [-0.1, -0.05) is 29.8 Å². The van der Waals surface area contributed by atoms with E-state index in [1.165, 1.54) is 30.5 Å². The minimum absolute atomic E-state index is 0.126. The lowest BCUT2D eigenvalue weighted by Gasteiger charge is -2.39. The summed E-state index contributed by atoms with van der Waals surface area (Å²) in [6.07, 6.45) is 5.39. The quantitative estimate of drug-likeness (QED) is 0.579. The maximum atomic E-state index is 13.6. The molecule has 0 spiro atoms. The summed E-state index contributed by atoms with van der Waals surface area (Å²) < 4.78 is 13.6. The summed E-state index contributed by atoms with van der Waals surface area (Å²) >= 11 is 5.99. The number of halogens is 2. The maximum absolute atomic E-state index is 13.6. The van der Waals surface area contributed by atoms with Crippen molar-refractivity contribution in [1.82, 2.24) is 14.7 Å². The number of urea groups is 1. The van der Waals surface area contributed by atoms with Crippen molar-refractivity contribution in [3.05, 3.63) is 64.9 Å². The summed E-state index contributed by atoms with van der Waals surface area (Å²) in [4.78, 5) is 20.1. The van der Waals surface area contributed by atoms with E-state index >= 15 is 0 Å². The van der Waals surface area contributed by atoms with E-state index in [-0.39, 0.29) is 17.9 Å². The lowest BCUT2D eigenvalue weighted by Crippen LogP contribution is -2.51. The van der Waals surface area contributed by atoms with Crippen molar-refractivity contribution in [2.24, 2.45) is 0 Å². The number of nitrogens with zero attached hydrogens (tertiary/aromatic N) is 3. The maximum Gasteiger partial charge on any atom is 0.322 e. The van der Waals surface area contributed by atoms with Crippen LogP contribution in [0.4, 0.5) is 14.9 Å². The highest BCUT2D eigenvalue weighted by atomic mass is 35.5. The molecule has 178 valence electrons. The summed E-state index contributed by atoms with van der Waals surface area (Å²) in [5.41, 5.74) is 1.80. The zero-order valence-electron chi connectivity index (χ0n) is 19.2. The molecule has 2 fully saturated rings. The fraction of sp³-hybridized carbons (Fsp3) is 0.500. The molecule has 2 aromatic rings. The van der Waals surface area contributed by atoms with Gasteiger partial charge in [0.15, 0.2) is 0 Å². The van der Waals surface area contributed by atoms with Gasteiger partial charge in [0, 0.05) is 49.5 Å². The number of anilines is 1. The largest absolute Gasteiger partial charge is 0.322 e. The average molecular weight is 473 g/mol. The van der Waals surface area contributed by atoms with Crippen LogP contribution in [-0.2, 0) is 6.42 Å². The predicted molar refractivity (Wildman–Crippen MR) is 132 cm³/mol. The SMILES string of the molecule is O=C(Nc1cccc(F)c1)N(CCN1CCCC1)C1CCN(CCc2ccc(Cl)cc2)CC1. The van der Waals surface area contributed by atoms with Gasteiger partial charge < -0.3 is 20.0 Å². The molecule has 2 heterocycles. The van der Waals surface area contributed by atoms with Crippen LogP contribution in [0.1, 0.15) is 31.2 Å². The molecule has 0 unspecified atom stereocenters. The minimum Gasteiger partial charge on any atom is -0.320 e. The number of likely N-dealkylation sites (tertiary alicyclic amines) is 2. The van der Waals surface area contributed by atoms with Crippen molar-refractivity contribution in [3.8, 4) is 0 Å². The van der Waals surface area contributed by atoms with Gasteiger partial charge in [0.2, 0.25) is 0 Å². The molecule has 33 heavy (non-hydrogen) atoms. The molecular formula is C26H34ClFN4O. The van der Waals surface area contributed by atoms with Crippen molar-refractivity contribution in [3.63, 3.8) is 0 Å². The molecule has 7 heteroatoms. The Labute approximate surface area is 201 Å². The van der Waals surface area contributed by atoms with Gasteiger partial charge >= 0.3 is 6.03 Å². The second-order valence-electron chi connectivity index (χ2n) is 9.13. The van der Waals surface area contributed by atoms with Gasteiger partial charge in [0.1, 0.15) is 5.82 Å². The van der Waals surface area contributed by atoms with E-state index in [1.807, 2.05) is 17.0 Å². The number of piperidine rings is 1. The molecule has 2 saturated heterocycles. The summed E-state index contributed by atoms with van der Waals surface area (Å²) in [5, 5.41) is 3.69. The van der Waals surface area contributed by atoms with Crippen LogP contribution in [0.5, 0.6) is 0 Å². The third-order valence-corrected chi connectivity index (χ3v) is 7.07. The van der Waals surface area contributed by atoms with Crippen molar-refractivity contribution in [1.29, 1.82) is 0 Å². The standard InChI is InChI=1S/C26H34ClFN4O/c27-22-8-6-21(7-9-22)10-15-31-16-11-25(12-17-31)32(19-18-30-13-1-2-14-30)26(33)29-24-5-3-4-23(28)20-24/h3-9,20,25H,1-2,10-19H2,(H,29,33). The molecule has 0 radical (unpaired) electrons. The molecule has 0 bridgehead atoms. The molecule has 0 aliphatic carbocycles. The number of nitrogens with one attached hydrogen (secondary N) is 1. The zero-order valence-corrected chi connectivity index (χ0v) is 19.9. The Morgan fingerprint density at radius 3 is 2.39 bits per heavy atom. The highest BCUT2D eigenvalue weighted by molar-refractivity contribution is 6.30. The summed E-state index contributed by atoms with van der Waals surface area (Å²) in [6.45, 7) is 6.80. The first-order valence-corrected chi connectivity index (χ1v) is 12.5. The van der Waals surface area contributed by atoms with Gasteiger partial charge in [0.25, 0.3) is 0 Å². The molecule has 0 aromatic heterocycles. The highest BCUT2D eigenvalue weighted by Crippen LogP contribution is 2.20. The fourth-order valence-electron chi connectivity index (χ4n) is 4.86. The van der Waals surface area contributed by atoms with Crippen LogP contribution >= 0.6 is 11.6 Å². The summed E-state index contributed by atoms with van der Waals surface area (Å²) in [5.74, 6) is -0.342. The van der Waals surface area contributed by atoms with Crippen molar-refractivity contribution >= 4 is 23.3 Å². The van der Waals surface area contributed by atoms with E-state index < -0.39 is 0 Å². The van der Waals surface area contributed by atoms with Crippen LogP contribution in [0.25, 0.3) is 0 Å². The molecule has 2 amide bonds. The Morgan fingerprint density at radius 1 is 1.00 bits per heavy atom. The zero-order chi connectivity index (χ0) is 23.0. The van der Waals surface area contributed by atoms with E-state index in [4.69, 9.17) is 11.6 Å². The molecule has 0 atom stereocenters. The number of benzene rings is 2. The van der Waals surface area contributed by atoms with Crippen LogP contribution in [0.3, 0.4) is 0 Å². The molecule has 2 aliphatic heterocycles. The van der Waals surface area contributed by atoms with E-state index in [1.54, 1.807) is 12.1 Å². The molecule has 0 saturated carbocycles. The van der Waals surface area contributed by atoms with Gasteiger partial charge in [-0.15, -0.1) is 0 Å². The number of carbonyl (C=O) groups is 1. The molecule has 4 rings (SSSR count). The summed E-state index contributed by atoms with van der Waals surface area (Å²) in [7, 11) is 0. The van der Waals surface area contributed by atoms with Crippen LogP contribution in [-0.4, -0.2) is 72.6 Å². The van der Waals surface area contributed by atoms with E-state index in [2.05, 4.69) is 27.2 Å². The first-order valence-electron chi connectivity index (χ1n) is 12.1. The molecular weight excluding hydrogens is 439 g/mol. The third-order valence-electron chi connectivity index (χ3n) is 6.82. The molecule has 2 aliphatic rings. The fourth-order valence-corrected chi connectivity index (χ4v) is 4.99. The Kier molecular flexibility index (Phi) is 8.59. The van der Waals surface area contributed by atoms with Gasteiger partial charge in [-0.3, -0.25) is 0 Å². The Hall–Kier alpha value is -2.15. The van der Waals surface area contributed by atoms with E-state index in [0.29, 0.717) is 12.2 Å². The lowest BCUT2D eigenvalue weighted by molar-refractivity contribution is 0.120. The van der Waals surface area contributed by atoms with Crippen LogP contribution in [0, 0.1) is 5.82 Å². The Morgan fingerprint density at radius 2 is 1.70 bits per heavy atom. The second-order valence-corrected chi connectivity index (χ2v) is 9.57. The molecule has 5 nitrogen and oxygen atoms in total. The summed E-state index contributed by atoms with van der Waals surface area (Å²) in [6, 6.07) is 14.3. The number of hydrogen-bond donors (Lipinski definition) is 1. The Balaban J connectivity index is 1.32. The number of amides is 2. The van der Waals surface area contributed by atoms with Crippen molar-refractivity contribution < 1.29 is 9.18 Å². The minimum atomic E-state index is -0.342. The monoisotopic (exact) mass is 472 g/mol. The number of hydrogen-bond acceptors (Lipinski definition) is 3. The third kappa shape index (κ3) is 7.16. The van der Waals surface area contributed by atoms with Crippen LogP contribution in [0.2, 0.25) is 5.02 Å². The smallest absolute Gasteiger partial charge is 0.320 e. The van der Waals surface area contributed by atoms with Gasteiger partial charge in [0.05, 0.1) is 0 Å². The van der Waals surface area contributed by atoms with Crippen LogP contribution < -0.4 is 5.32 Å². The van der Waals surface area contributed by atoms with Gasteiger partial charge in [-0.25, -0.2) is 9.18 Å². The highest BCUT2D eigenvalue weighted by Gasteiger charge is 2.28. The predicted octanol–water partition coefficient (Wildman–Crippen LogP) is 5.12. The lowest BCUT2D eigenvalue weighted by atomic mass is 10.0. The molecule has 2 aromatic carbocycles. The van der Waals surface area contributed by atoms with Gasteiger partial charge in [-0.2, -0.15) is 0 Å². The first-order chi connectivity index (χ1) is 16.1. The number of rotatable bonds is 8. The number of carbonyl (C=O) groups excluding carboxylic acids is 1. The van der Waals surface area contributed by atoms with Crippen molar-refractivity contribution in [2.75, 3.05) is 51.1 Å². The van der Waals surface area contributed by atoms with Crippen LogP contribution in [0.15, 0.2) is 48.5 Å². The normalized spacial score (nSPS) is 17.9. The van der Waals surface area contributed by atoms with E-state index in [9.17, 15) is 9.18 Å². The van der Waals surface area contributed by atoms with Gasteiger partial charge in [-0.05, 0) is 81.1 Å². The topological polar surface area (TPSA) is 38.8 Å². The van der Waals surface area contributed by atoms with E-state index in [0.717, 1.165) is 63.6 Å². The Bertz CT molecular complexity index is 895. The first kappa shape index (κ1) is 24.0. The van der Waals surface area contributed by atoms with Crippen molar-refractivity contribution in [2.45, 2.75) is 38.1 Å².